The molecule has 0 bridgehead atoms. The topological polar surface area (TPSA) is 338 Å². The normalized spacial score (nSPS) is 36.8. The molecule has 0 aliphatic carbocycles. The van der Waals surface area contributed by atoms with Gasteiger partial charge in [0.2, 0.25) is 23.8 Å². The Bertz CT molecular complexity index is 1870. The molecule has 6 rings (SSSR count). The molecule has 3 aliphatic rings. The number of fused-ring (bicyclic) bond motifs is 1. The highest BCUT2D eigenvalue weighted by atomic mass is 16.8. The Hall–Kier alpha value is -3.91. The van der Waals surface area contributed by atoms with Crippen molar-refractivity contribution in [2.75, 3.05) is 20.3 Å². The SMILES string of the molecule is COc1cc(-c2oc3cc(O[C@@H]4O[C@H](CO)[C@@H](O)[C@H](O)[C@H]4O)cc(O)c3c(=O)c2O[C@@H]2O[C@@H](C)[C@H](O)[C@@H](O)[C@H]2O[C@@H]2O[C@H](CO)[C@H](O)[C@H](O)[C@H]2O)ccc1O. The number of benzene rings is 2. The monoisotopic (exact) mass is 786 g/mol. The van der Waals surface area contributed by atoms with Gasteiger partial charge in [-0.3, -0.25) is 4.79 Å². The zero-order valence-electron chi connectivity index (χ0n) is 29.0. The van der Waals surface area contributed by atoms with E-state index >= 15 is 0 Å². The van der Waals surface area contributed by atoms with Gasteiger partial charge in [0.05, 0.1) is 26.4 Å². The summed E-state index contributed by atoms with van der Waals surface area (Å²) in [6, 6.07) is 5.78. The van der Waals surface area contributed by atoms with Crippen LogP contribution in [0.15, 0.2) is 39.5 Å². The fraction of sp³-hybridized carbons (Fsp3) is 0.559. The largest absolute Gasteiger partial charge is 0.507 e. The summed E-state index contributed by atoms with van der Waals surface area (Å²) in [5, 5.41) is 124. The number of rotatable bonds is 10. The maximum atomic E-state index is 14.3. The van der Waals surface area contributed by atoms with E-state index < -0.39 is 133 Å². The van der Waals surface area contributed by atoms with Crippen LogP contribution in [-0.2, 0) is 18.9 Å². The van der Waals surface area contributed by atoms with E-state index in [2.05, 4.69) is 0 Å². The summed E-state index contributed by atoms with van der Waals surface area (Å²) < 4.78 is 45.3. The molecule has 3 saturated heterocycles. The molecule has 1 aromatic heterocycles. The Morgan fingerprint density at radius 3 is 1.91 bits per heavy atom. The molecule has 21 nitrogen and oxygen atoms in total. The highest BCUT2D eigenvalue weighted by Crippen LogP contribution is 2.41. The van der Waals surface area contributed by atoms with Gasteiger partial charge >= 0.3 is 0 Å². The highest BCUT2D eigenvalue weighted by Gasteiger charge is 2.51. The van der Waals surface area contributed by atoms with Crippen LogP contribution in [0.5, 0.6) is 28.7 Å². The first-order chi connectivity index (χ1) is 26.1. The number of hydrogen-bond acceptors (Lipinski definition) is 21. The molecule has 55 heavy (non-hydrogen) atoms. The van der Waals surface area contributed by atoms with E-state index in [9.17, 15) is 66.1 Å². The molecule has 0 radical (unpaired) electrons. The first kappa shape index (κ1) is 40.7. The Labute approximate surface area is 309 Å². The number of aromatic hydroxyl groups is 2. The van der Waals surface area contributed by atoms with Gasteiger partial charge in [-0.25, -0.2) is 0 Å². The molecule has 12 N–H and O–H groups in total. The summed E-state index contributed by atoms with van der Waals surface area (Å²) in [5.41, 5.74) is -1.40. The van der Waals surface area contributed by atoms with E-state index in [0.717, 1.165) is 12.1 Å². The minimum absolute atomic E-state index is 0.0271. The zero-order valence-corrected chi connectivity index (χ0v) is 29.0. The molecule has 15 atom stereocenters. The van der Waals surface area contributed by atoms with Crippen LogP contribution in [0.3, 0.4) is 0 Å². The van der Waals surface area contributed by atoms with Gasteiger partial charge in [-0.1, -0.05) is 0 Å². The van der Waals surface area contributed by atoms with Crippen molar-refractivity contribution in [1.82, 2.24) is 0 Å². The maximum Gasteiger partial charge on any atom is 0.239 e. The molecular weight excluding hydrogens is 744 g/mol. The van der Waals surface area contributed by atoms with E-state index in [1.54, 1.807) is 0 Å². The van der Waals surface area contributed by atoms with Crippen molar-refractivity contribution in [2.45, 2.75) is 99.0 Å². The number of aliphatic hydroxyl groups is 10. The Kier molecular flexibility index (Phi) is 12.1. The lowest BCUT2D eigenvalue weighted by Gasteiger charge is -2.45. The summed E-state index contributed by atoms with van der Waals surface area (Å²) in [7, 11) is 1.25. The highest BCUT2D eigenvalue weighted by molar-refractivity contribution is 5.88. The summed E-state index contributed by atoms with van der Waals surface area (Å²) in [6.45, 7) is -0.213. The molecule has 3 aliphatic heterocycles. The standard InChI is InChI=1S/C34H42O21/c1-10-20(39)26(45)31(55-33-28(47)25(44)22(41)18(9-36)53-33)34(49-10)54-30-23(42)19-14(38)6-12(50-32-27(46)24(43)21(40)17(8-35)52-32)7-16(19)51-29(30)11-3-4-13(37)15(5-11)48-2/h3-7,10,17-18,20-22,24-28,31-41,43-47H,8-9H2,1-2H3/t10-,17+,18+,20-,21+,22-,24-,25-,26+,27+,28+,31+,32+,33-,34-/m0/s1. The summed E-state index contributed by atoms with van der Waals surface area (Å²) in [5.74, 6) is -2.54. The van der Waals surface area contributed by atoms with Crippen LogP contribution in [-0.4, -0.2) is 174 Å². The minimum atomic E-state index is -1.95. The second-order valence-corrected chi connectivity index (χ2v) is 13.2. The zero-order chi connectivity index (χ0) is 40.0. The minimum Gasteiger partial charge on any atom is -0.507 e. The van der Waals surface area contributed by atoms with Crippen LogP contribution in [0.1, 0.15) is 6.92 Å². The Morgan fingerprint density at radius 1 is 0.673 bits per heavy atom. The van der Waals surface area contributed by atoms with Gasteiger partial charge in [-0.05, 0) is 25.1 Å². The predicted molar refractivity (Wildman–Crippen MR) is 178 cm³/mol. The Morgan fingerprint density at radius 2 is 1.29 bits per heavy atom. The fourth-order valence-electron chi connectivity index (χ4n) is 6.43. The summed E-state index contributed by atoms with van der Waals surface area (Å²) >= 11 is 0. The molecule has 0 unspecified atom stereocenters. The van der Waals surface area contributed by atoms with Crippen molar-refractivity contribution < 1.29 is 98.9 Å². The van der Waals surface area contributed by atoms with Crippen LogP contribution >= 0.6 is 0 Å². The number of methoxy groups -OCH3 is 1. The van der Waals surface area contributed by atoms with Gasteiger partial charge in [-0.2, -0.15) is 0 Å². The third-order valence-electron chi connectivity index (χ3n) is 9.61. The van der Waals surface area contributed by atoms with E-state index in [1.165, 1.54) is 32.2 Å². The second kappa shape index (κ2) is 16.3. The van der Waals surface area contributed by atoms with Crippen molar-refractivity contribution in [2.24, 2.45) is 0 Å². The average Bonchev–Trinajstić information content (AvgIpc) is 3.16. The fourth-order valence-corrected chi connectivity index (χ4v) is 6.43. The molecule has 21 heteroatoms. The van der Waals surface area contributed by atoms with Crippen molar-refractivity contribution >= 4 is 11.0 Å². The van der Waals surface area contributed by atoms with E-state index in [4.69, 9.17) is 37.6 Å². The molecule has 0 saturated carbocycles. The van der Waals surface area contributed by atoms with Gasteiger partial charge in [0.15, 0.2) is 29.7 Å². The molecule has 304 valence electrons. The molecule has 3 aromatic rings. The number of ether oxygens (including phenoxy) is 7. The van der Waals surface area contributed by atoms with Crippen LogP contribution in [0.25, 0.3) is 22.3 Å². The summed E-state index contributed by atoms with van der Waals surface area (Å²) in [4.78, 5) is 14.3. The van der Waals surface area contributed by atoms with Gasteiger partial charge in [-0.15, -0.1) is 0 Å². The van der Waals surface area contributed by atoms with Crippen molar-refractivity contribution in [1.29, 1.82) is 0 Å². The number of phenolic OH excluding ortho intramolecular Hbond substituents is 2. The van der Waals surface area contributed by atoms with Crippen molar-refractivity contribution in [3.8, 4) is 40.1 Å². The lowest BCUT2D eigenvalue weighted by atomic mass is 9.97. The number of hydrogen-bond donors (Lipinski definition) is 12. The number of phenols is 2. The van der Waals surface area contributed by atoms with Gasteiger partial charge in [0.25, 0.3) is 0 Å². The molecule has 0 spiro atoms. The summed E-state index contributed by atoms with van der Waals surface area (Å²) in [6.07, 6.45) is -25.6. The third kappa shape index (κ3) is 7.65. The smallest absolute Gasteiger partial charge is 0.239 e. The van der Waals surface area contributed by atoms with E-state index in [1.807, 2.05) is 0 Å². The second-order valence-electron chi connectivity index (χ2n) is 13.2. The molecule has 3 fully saturated rings. The van der Waals surface area contributed by atoms with Crippen LogP contribution in [0.2, 0.25) is 0 Å². The van der Waals surface area contributed by atoms with Crippen molar-refractivity contribution in [3.63, 3.8) is 0 Å². The molecular formula is C34H42O21. The van der Waals surface area contributed by atoms with E-state index in [-0.39, 0.29) is 28.4 Å². The molecule has 4 heterocycles. The molecule has 2 aromatic carbocycles. The Balaban J connectivity index is 1.43. The van der Waals surface area contributed by atoms with Gasteiger partial charge < -0.3 is 98.9 Å². The third-order valence-corrected chi connectivity index (χ3v) is 9.61. The van der Waals surface area contributed by atoms with Gasteiger partial charge in [0.1, 0.15) is 83.5 Å². The lowest BCUT2D eigenvalue weighted by molar-refractivity contribution is -0.355. The quantitative estimate of drug-likeness (QED) is 0.0934. The molecule has 0 amide bonds. The lowest BCUT2D eigenvalue weighted by Crippen LogP contribution is -2.64. The first-order valence-electron chi connectivity index (χ1n) is 16.9. The number of aliphatic hydroxyl groups excluding tert-OH is 10. The van der Waals surface area contributed by atoms with Crippen LogP contribution < -0.4 is 19.6 Å². The van der Waals surface area contributed by atoms with Crippen molar-refractivity contribution in [3.05, 3.63) is 40.6 Å². The van der Waals surface area contributed by atoms with Crippen LogP contribution in [0, 0.1) is 0 Å². The van der Waals surface area contributed by atoms with Gasteiger partial charge in [0, 0.05) is 17.7 Å². The predicted octanol–water partition coefficient (Wildman–Crippen LogP) is -3.91. The van der Waals surface area contributed by atoms with Crippen LogP contribution in [0.4, 0.5) is 0 Å². The first-order valence-corrected chi connectivity index (χ1v) is 16.9. The maximum absolute atomic E-state index is 14.3. The van der Waals surface area contributed by atoms with E-state index in [0.29, 0.717) is 0 Å². The average molecular weight is 787 g/mol.